The van der Waals surface area contributed by atoms with Gasteiger partial charge >= 0.3 is 6.09 Å². The molecule has 0 aliphatic heterocycles. The molecule has 2 heterocycles. The highest BCUT2D eigenvalue weighted by atomic mass is 79.9. The number of hydrogen-bond donors (Lipinski definition) is 1. The lowest BCUT2D eigenvalue weighted by atomic mass is 9.90. The fraction of sp³-hybridized carbons (Fsp3) is 0.433. The van der Waals surface area contributed by atoms with E-state index in [1.807, 2.05) is 39.8 Å². The molecule has 0 aliphatic carbocycles. The van der Waals surface area contributed by atoms with Crippen LogP contribution in [0.15, 0.2) is 47.1 Å². The minimum Gasteiger partial charge on any atom is -0.445 e. The van der Waals surface area contributed by atoms with Gasteiger partial charge in [0.2, 0.25) is 0 Å². The summed E-state index contributed by atoms with van der Waals surface area (Å²) in [6.45, 7) is 15.1. The second kappa shape index (κ2) is 12.7. The fourth-order valence-corrected chi connectivity index (χ4v) is 4.27. The largest absolute Gasteiger partial charge is 0.445 e. The number of nitrogens with one attached hydrogen (secondary N) is 1. The van der Waals surface area contributed by atoms with Crippen LogP contribution in [0.2, 0.25) is 0 Å². The molecule has 1 amide bonds. The van der Waals surface area contributed by atoms with E-state index in [0.717, 1.165) is 50.2 Å². The summed E-state index contributed by atoms with van der Waals surface area (Å²) in [6.07, 6.45) is 2.10. The van der Waals surface area contributed by atoms with Crippen molar-refractivity contribution >= 4 is 22.0 Å². The zero-order valence-corrected chi connectivity index (χ0v) is 24.5. The predicted octanol–water partition coefficient (Wildman–Crippen LogP) is 7.46. The zero-order chi connectivity index (χ0) is 27.2. The van der Waals surface area contributed by atoms with Gasteiger partial charge < -0.3 is 14.8 Å². The van der Waals surface area contributed by atoms with Gasteiger partial charge in [-0.2, -0.15) is 0 Å². The molecule has 0 radical (unpaired) electrons. The minimum absolute atomic E-state index is 0.127. The maximum Gasteiger partial charge on any atom is 0.407 e. The van der Waals surface area contributed by atoms with Crippen LogP contribution in [0, 0.1) is 19.8 Å². The topological polar surface area (TPSA) is 73.3 Å². The number of benzene rings is 1. The summed E-state index contributed by atoms with van der Waals surface area (Å²) in [4.78, 5) is 22.0. The Morgan fingerprint density at radius 3 is 2.30 bits per heavy atom. The molecule has 6 nitrogen and oxygen atoms in total. The molecule has 0 aliphatic rings. The number of pyridine rings is 2. The Balaban J connectivity index is 2.03. The molecule has 0 saturated carbocycles. The highest BCUT2D eigenvalue weighted by Crippen LogP contribution is 2.34. The summed E-state index contributed by atoms with van der Waals surface area (Å²) in [6, 6.07) is 12.3. The highest BCUT2D eigenvalue weighted by molar-refractivity contribution is 9.10. The van der Waals surface area contributed by atoms with Gasteiger partial charge in [-0.15, -0.1) is 0 Å². The maximum absolute atomic E-state index is 12.6. The first-order valence-electron chi connectivity index (χ1n) is 12.6. The van der Waals surface area contributed by atoms with E-state index in [0.29, 0.717) is 19.1 Å². The normalized spacial score (nSPS) is 11.6. The van der Waals surface area contributed by atoms with Crippen LogP contribution < -0.4 is 5.32 Å². The van der Waals surface area contributed by atoms with Crippen LogP contribution in [0.1, 0.15) is 68.4 Å². The van der Waals surface area contributed by atoms with E-state index in [1.165, 1.54) is 5.56 Å². The lowest BCUT2D eigenvalue weighted by Gasteiger charge is -2.23. The Labute approximate surface area is 229 Å². The average Bonchev–Trinajstić information content (AvgIpc) is 2.80. The van der Waals surface area contributed by atoms with Crippen molar-refractivity contribution in [1.29, 1.82) is 0 Å². The summed E-state index contributed by atoms with van der Waals surface area (Å²) in [5, 5.41) is 2.88. The molecule has 1 N–H and O–H groups in total. The summed E-state index contributed by atoms with van der Waals surface area (Å²) < 4.78 is 12.8. The van der Waals surface area contributed by atoms with E-state index in [2.05, 4.69) is 71.3 Å². The van der Waals surface area contributed by atoms with Crippen LogP contribution in [0.3, 0.4) is 0 Å². The van der Waals surface area contributed by atoms with Crippen LogP contribution in [-0.4, -0.2) is 21.6 Å². The Kier molecular flexibility index (Phi) is 9.85. The lowest BCUT2D eigenvalue weighted by Crippen LogP contribution is -2.40. The van der Waals surface area contributed by atoms with Gasteiger partial charge in [-0.1, -0.05) is 43.7 Å². The van der Waals surface area contributed by atoms with Crippen molar-refractivity contribution in [3.63, 3.8) is 0 Å². The van der Waals surface area contributed by atoms with Crippen molar-refractivity contribution in [3.8, 4) is 11.1 Å². The van der Waals surface area contributed by atoms with Gasteiger partial charge in [-0.3, -0.25) is 9.97 Å². The van der Waals surface area contributed by atoms with Crippen LogP contribution in [0.4, 0.5) is 4.79 Å². The third-order valence-electron chi connectivity index (χ3n) is 5.74. The Bertz CT molecular complexity index is 1200. The number of amides is 1. The predicted molar refractivity (Wildman–Crippen MR) is 151 cm³/mol. The highest BCUT2D eigenvalue weighted by Gasteiger charge is 2.22. The van der Waals surface area contributed by atoms with Crippen LogP contribution in [0.25, 0.3) is 11.1 Å². The van der Waals surface area contributed by atoms with Crippen molar-refractivity contribution in [1.82, 2.24) is 15.3 Å². The molecule has 198 valence electrons. The van der Waals surface area contributed by atoms with Gasteiger partial charge in [-0.25, -0.2) is 4.79 Å². The van der Waals surface area contributed by atoms with Gasteiger partial charge in [0, 0.05) is 38.7 Å². The van der Waals surface area contributed by atoms with Gasteiger partial charge in [0.1, 0.15) is 6.61 Å². The Morgan fingerprint density at radius 1 is 1.00 bits per heavy atom. The number of halogens is 1. The fourth-order valence-electron chi connectivity index (χ4n) is 4.03. The van der Waals surface area contributed by atoms with Gasteiger partial charge in [-0.05, 0) is 86.1 Å². The molecule has 0 saturated heterocycles. The number of hydrogen-bond acceptors (Lipinski definition) is 5. The number of alkyl carbamates (subject to hydrolysis) is 1. The molecule has 0 unspecified atom stereocenters. The first kappa shape index (κ1) is 28.8. The number of rotatable bonds is 9. The van der Waals surface area contributed by atoms with Gasteiger partial charge in [0.15, 0.2) is 0 Å². The maximum atomic E-state index is 12.6. The molecule has 0 fully saturated rings. The minimum atomic E-state index is -0.447. The Morgan fingerprint density at radius 2 is 1.70 bits per heavy atom. The zero-order valence-electron chi connectivity index (χ0n) is 22.9. The summed E-state index contributed by atoms with van der Waals surface area (Å²) in [5.41, 5.74) is 7.50. The molecule has 3 rings (SSSR count). The number of nitrogens with zero attached hydrogens (tertiary/aromatic N) is 2. The summed E-state index contributed by atoms with van der Waals surface area (Å²) in [5.74, 6) is 0.394. The molecular formula is C30H38BrN3O3. The third-order valence-corrected chi connectivity index (χ3v) is 6.21. The molecule has 2 aromatic heterocycles. The second-order valence-corrected chi connectivity index (χ2v) is 11.8. The van der Waals surface area contributed by atoms with E-state index in [1.54, 1.807) is 6.20 Å². The number of ether oxygens (including phenoxy) is 2. The molecule has 0 atom stereocenters. The first-order valence-corrected chi connectivity index (χ1v) is 13.4. The van der Waals surface area contributed by atoms with Gasteiger partial charge in [0.05, 0.1) is 18.9 Å². The SMILES string of the molecule is Cc1ccc(-c2c(COCc3ccc(Br)cn3)c(C)nc(CC(C)C)c2COC(=O)NC(C)(C)C)cc1. The monoisotopic (exact) mass is 567 g/mol. The molecule has 1 aromatic carbocycles. The van der Waals surface area contributed by atoms with Crippen molar-refractivity contribution < 1.29 is 14.3 Å². The number of carbonyl (C=O) groups is 1. The summed E-state index contributed by atoms with van der Waals surface area (Å²) in [7, 11) is 0. The Hall–Kier alpha value is -2.77. The van der Waals surface area contributed by atoms with E-state index in [-0.39, 0.29) is 12.1 Å². The van der Waals surface area contributed by atoms with Crippen molar-refractivity contribution in [2.24, 2.45) is 5.92 Å². The molecule has 0 spiro atoms. The molecule has 3 aromatic rings. The summed E-state index contributed by atoms with van der Waals surface area (Å²) >= 11 is 3.42. The van der Waals surface area contributed by atoms with Crippen molar-refractivity contribution in [2.75, 3.05) is 0 Å². The number of aromatic nitrogens is 2. The van der Waals surface area contributed by atoms with Crippen molar-refractivity contribution in [2.45, 2.75) is 80.2 Å². The molecule has 37 heavy (non-hydrogen) atoms. The van der Waals surface area contributed by atoms with Crippen LogP contribution in [-0.2, 0) is 35.7 Å². The average molecular weight is 569 g/mol. The van der Waals surface area contributed by atoms with Crippen LogP contribution >= 0.6 is 15.9 Å². The van der Waals surface area contributed by atoms with E-state index in [9.17, 15) is 4.79 Å². The van der Waals surface area contributed by atoms with Crippen LogP contribution in [0.5, 0.6) is 0 Å². The second-order valence-electron chi connectivity index (χ2n) is 10.9. The third kappa shape index (κ3) is 8.64. The lowest BCUT2D eigenvalue weighted by molar-refractivity contribution is 0.104. The quantitative estimate of drug-likeness (QED) is 0.290. The van der Waals surface area contributed by atoms with E-state index in [4.69, 9.17) is 14.5 Å². The molecule has 0 bridgehead atoms. The standard InChI is InChI=1S/C30H38BrN3O3/c1-19(2)14-27-26(18-37-29(35)34-30(5,6)7)28(22-10-8-20(3)9-11-22)25(21(4)33-27)17-36-16-24-13-12-23(31)15-32-24/h8-13,15,19H,14,16-18H2,1-7H3,(H,34,35). The number of carbonyl (C=O) groups excluding carboxylic acids is 1. The van der Waals surface area contributed by atoms with Crippen molar-refractivity contribution in [3.05, 3.63) is 80.8 Å². The first-order chi connectivity index (χ1) is 17.4. The van der Waals surface area contributed by atoms with Gasteiger partial charge in [0.25, 0.3) is 0 Å². The van der Waals surface area contributed by atoms with E-state index >= 15 is 0 Å². The smallest absolute Gasteiger partial charge is 0.407 e. The van der Waals surface area contributed by atoms with E-state index < -0.39 is 6.09 Å². The molecular weight excluding hydrogens is 530 g/mol. The molecule has 7 heteroatoms. The number of aryl methyl sites for hydroxylation is 2.